The maximum atomic E-state index is 3.92. The molecule has 0 nitrogen and oxygen atoms in total. The number of hydrogen-bond donors (Lipinski definition) is 0. The predicted molar refractivity (Wildman–Crippen MR) is 40.0 cm³/mol. The van der Waals surface area contributed by atoms with E-state index in [0.717, 1.165) is 11.2 Å². The van der Waals surface area contributed by atoms with Crippen molar-refractivity contribution >= 4 is 11.8 Å². The van der Waals surface area contributed by atoms with Crippen LogP contribution in [0.15, 0.2) is 11.5 Å². The van der Waals surface area contributed by atoms with Gasteiger partial charge in [-0.05, 0) is 17.2 Å². The molecule has 1 aliphatic heterocycles. The van der Waals surface area contributed by atoms with Crippen LogP contribution in [0.5, 0.6) is 0 Å². The quantitative estimate of drug-likeness (QED) is 0.483. The van der Waals surface area contributed by atoms with Crippen LogP contribution in [0.25, 0.3) is 0 Å². The molecule has 0 aromatic heterocycles. The van der Waals surface area contributed by atoms with Crippen LogP contribution in [-0.4, -0.2) is 5.25 Å². The van der Waals surface area contributed by atoms with Gasteiger partial charge in [0, 0.05) is 5.25 Å². The highest BCUT2D eigenvalue weighted by Crippen LogP contribution is 2.39. The van der Waals surface area contributed by atoms with Crippen molar-refractivity contribution in [2.45, 2.75) is 25.5 Å². The second-order valence-corrected chi connectivity index (χ2v) is 4.10. The van der Waals surface area contributed by atoms with Crippen LogP contribution in [0.3, 0.4) is 0 Å². The molecule has 0 aliphatic carbocycles. The molecule has 2 unspecified atom stereocenters. The Morgan fingerprint density at radius 1 is 1.62 bits per heavy atom. The summed E-state index contributed by atoms with van der Waals surface area (Å²) in [7, 11) is 0. The molecular formula is C7H12S. The van der Waals surface area contributed by atoms with Gasteiger partial charge >= 0.3 is 0 Å². The molecule has 8 heavy (non-hydrogen) atoms. The second-order valence-electron chi connectivity index (χ2n) is 2.54. The molecule has 1 aliphatic rings. The van der Waals surface area contributed by atoms with Gasteiger partial charge in [0.05, 0.1) is 0 Å². The van der Waals surface area contributed by atoms with Crippen LogP contribution in [0.2, 0.25) is 0 Å². The van der Waals surface area contributed by atoms with Crippen LogP contribution >= 0.6 is 11.8 Å². The van der Waals surface area contributed by atoms with Gasteiger partial charge in [-0.3, -0.25) is 0 Å². The zero-order valence-electron chi connectivity index (χ0n) is 5.48. The molecule has 0 radical (unpaired) electrons. The van der Waals surface area contributed by atoms with Gasteiger partial charge in [-0.25, -0.2) is 0 Å². The Hall–Kier alpha value is 0.0900. The van der Waals surface area contributed by atoms with Crippen molar-refractivity contribution in [2.75, 3.05) is 0 Å². The van der Waals surface area contributed by atoms with Crippen molar-refractivity contribution in [3.63, 3.8) is 0 Å². The summed E-state index contributed by atoms with van der Waals surface area (Å²) in [5.74, 6) is 0.854. The fraction of sp³-hybridized carbons (Fsp3) is 0.714. The molecule has 0 aromatic rings. The normalized spacial score (nSPS) is 38.5. The highest BCUT2D eigenvalue weighted by molar-refractivity contribution is 8.03. The largest absolute Gasteiger partial charge is 0.128 e. The summed E-state index contributed by atoms with van der Waals surface area (Å²) in [6, 6.07) is 0. The van der Waals surface area contributed by atoms with E-state index in [0.29, 0.717) is 0 Å². The lowest BCUT2D eigenvalue weighted by Crippen LogP contribution is -2.00. The van der Waals surface area contributed by atoms with Crippen molar-refractivity contribution in [1.82, 2.24) is 0 Å². The topological polar surface area (TPSA) is 0 Å². The molecule has 0 bridgehead atoms. The van der Waals surface area contributed by atoms with Crippen molar-refractivity contribution in [1.29, 1.82) is 0 Å². The lowest BCUT2D eigenvalue weighted by atomic mass is 10.1. The Balaban J connectivity index is 2.51. The van der Waals surface area contributed by atoms with E-state index in [2.05, 4.69) is 20.4 Å². The van der Waals surface area contributed by atoms with Gasteiger partial charge in [-0.15, -0.1) is 11.8 Å². The minimum Gasteiger partial charge on any atom is -0.128 e. The van der Waals surface area contributed by atoms with E-state index >= 15 is 0 Å². The molecule has 1 saturated heterocycles. The summed E-state index contributed by atoms with van der Waals surface area (Å²) < 4.78 is 0. The van der Waals surface area contributed by atoms with E-state index in [4.69, 9.17) is 0 Å². The second kappa shape index (κ2) is 2.14. The maximum absolute atomic E-state index is 3.92. The number of rotatable bonds is 0. The summed E-state index contributed by atoms with van der Waals surface area (Å²) in [6.07, 6.45) is 1.23. The Bertz CT molecular complexity index is 95.0. The zero-order valence-corrected chi connectivity index (χ0v) is 6.29. The third-order valence-electron chi connectivity index (χ3n) is 1.70. The standard InChI is InChI=1S/C7H12S/c1-5-4-6(2)8-7(5)3/h5,7H,2,4H2,1,3H3. The van der Waals surface area contributed by atoms with E-state index in [1.807, 2.05) is 11.8 Å². The monoisotopic (exact) mass is 128 g/mol. The van der Waals surface area contributed by atoms with E-state index in [1.165, 1.54) is 11.3 Å². The van der Waals surface area contributed by atoms with Gasteiger partial charge < -0.3 is 0 Å². The fourth-order valence-corrected chi connectivity index (χ4v) is 2.17. The van der Waals surface area contributed by atoms with Crippen LogP contribution in [0.4, 0.5) is 0 Å². The van der Waals surface area contributed by atoms with E-state index in [9.17, 15) is 0 Å². The average Bonchev–Trinajstić information content (AvgIpc) is 1.85. The molecule has 0 spiro atoms. The summed E-state index contributed by atoms with van der Waals surface area (Å²) in [5, 5.41) is 0.808. The fourth-order valence-electron chi connectivity index (χ4n) is 0.952. The molecule has 46 valence electrons. The zero-order chi connectivity index (χ0) is 6.15. The third-order valence-corrected chi connectivity index (χ3v) is 3.04. The lowest BCUT2D eigenvalue weighted by Gasteiger charge is -2.03. The highest BCUT2D eigenvalue weighted by atomic mass is 32.2. The molecule has 2 atom stereocenters. The summed E-state index contributed by atoms with van der Waals surface area (Å²) in [5.41, 5.74) is 0. The van der Waals surface area contributed by atoms with Gasteiger partial charge in [0.2, 0.25) is 0 Å². The van der Waals surface area contributed by atoms with Crippen LogP contribution in [0.1, 0.15) is 20.3 Å². The number of hydrogen-bond acceptors (Lipinski definition) is 1. The number of allylic oxidation sites excluding steroid dienone is 1. The summed E-state index contributed by atoms with van der Waals surface area (Å²) in [4.78, 5) is 1.37. The average molecular weight is 128 g/mol. The Morgan fingerprint density at radius 2 is 2.25 bits per heavy atom. The van der Waals surface area contributed by atoms with Crippen LogP contribution in [-0.2, 0) is 0 Å². The first-order chi connectivity index (χ1) is 3.70. The van der Waals surface area contributed by atoms with Gasteiger partial charge in [-0.1, -0.05) is 20.4 Å². The van der Waals surface area contributed by atoms with Crippen molar-refractivity contribution in [3.05, 3.63) is 11.5 Å². The molecule has 0 amide bonds. The maximum Gasteiger partial charge on any atom is 0.00916 e. The first-order valence-electron chi connectivity index (χ1n) is 3.04. The summed E-state index contributed by atoms with van der Waals surface area (Å²) in [6.45, 7) is 8.48. The Morgan fingerprint density at radius 3 is 2.38 bits per heavy atom. The minimum absolute atomic E-state index is 0.808. The molecular weight excluding hydrogens is 116 g/mol. The molecule has 0 saturated carbocycles. The van der Waals surface area contributed by atoms with Gasteiger partial charge in [0.15, 0.2) is 0 Å². The molecule has 1 heteroatoms. The molecule has 0 aromatic carbocycles. The first kappa shape index (κ1) is 6.21. The van der Waals surface area contributed by atoms with E-state index in [-0.39, 0.29) is 0 Å². The van der Waals surface area contributed by atoms with Crippen LogP contribution < -0.4 is 0 Å². The van der Waals surface area contributed by atoms with Crippen LogP contribution in [0, 0.1) is 5.92 Å². The lowest BCUT2D eigenvalue weighted by molar-refractivity contribution is 0.605. The first-order valence-corrected chi connectivity index (χ1v) is 3.92. The minimum atomic E-state index is 0.808. The number of thioether (sulfide) groups is 1. The summed E-state index contributed by atoms with van der Waals surface area (Å²) >= 11 is 1.93. The van der Waals surface area contributed by atoms with Crippen molar-refractivity contribution in [2.24, 2.45) is 5.92 Å². The van der Waals surface area contributed by atoms with Gasteiger partial charge in [-0.2, -0.15) is 0 Å². The van der Waals surface area contributed by atoms with Gasteiger partial charge in [0.25, 0.3) is 0 Å². The highest BCUT2D eigenvalue weighted by Gasteiger charge is 2.21. The molecule has 0 N–H and O–H groups in total. The van der Waals surface area contributed by atoms with E-state index in [1.54, 1.807) is 0 Å². The van der Waals surface area contributed by atoms with Crippen molar-refractivity contribution < 1.29 is 0 Å². The Labute approximate surface area is 55.4 Å². The predicted octanol–water partition coefficient (Wildman–Crippen LogP) is 2.66. The smallest absolute Gasteiger partial charge is 0.00916 e. The Kier molecular flexibility index (Phi) is 1.66. The van der Waals surface area contributed by atoms with E-state index < -0.39 is 0 Å². The molecule has 1 fully saturated rings. The van der Waals surface area contributed by atoms with Crippen molar-refractivity contribution in [3.8, 4) is 0 Å². The van der Waals surface area contributed by atoms with Gasteiger partial charge in [0.1, 0.15) is 0 Å². The SMILES string of the molecule is C=C1CC(C)C(C)S1. The molecule has 1 heterocycles. The molecule has 1 rings (SSSR count). The third kappa shape index (κ3) is 1.08.